The Hall–Kier alpha value is -1.60. The lowest BCUT2D eigenvalue weighted by atomic mass is 9.86. The summed E-state index contributed by atoms with van der Waals surface area (Å²) in [4.78, 5) is 4.16. The van der Waals surface area contributed by atoms with Gasteiger partial charge in [-0.2, -0.15) is 13.2 Å². The number of hydrogen-bond donors (Lipinski definition) is 1. The van der Waals surface area contributed by atoms with Crippen molar-refractivity contribution >= 4 is 11.1 Å². The van der Waals surface area contributed by atoms with Crippen LogP contribution in [0.15, 0.2) is 22.6 Å². The summed E-state index contributed by atoms with van der Waals surface area (Å²) in [7, 11) is 0. The molecule has 2 N–H and O–H groups in total. The van der Waals surface area contributed by atoms with Crippen molar-refractivity contribution in [2.24, 2.45) is 5.73 Å². The van der Waals surface area contributed by atoms with Crippen LogP contribution in [0.3, 0.4) is 0 Å². The number of aromatic nitrogens is 1. The molecule has 0 spiro atoms. The first-order valence-electron chi connectivity index (χ1n) is 6.12. The summed E-state index contributed by atoms with van der Waals surface area (Å²) in [6, 6.07) is 2.94. The van der Waals surface area contributed by atoms with Crippen molar-refractivity contribution < 1.29 is 22.3 Å². The van der Waals surface area contributed by atoms with Crippen LogP contribution in [0.25, 0.3) is 11.1 Å². The summed E-state index contributed by atoms with van der Waals surface area (Å²) in [6.45, 7) is 2.55. The first kappa shape index (κ1) is 13.4. The Morgan fingerprint density at radius 2 is 2.15 bits per heavy atom. The first-order chi connectivity index (χ1) is 9.30. The van der Waals surface area contributed by atoms with Gasteiger partial charge >= 0.3 is 6.18 Å². The van der Waals surface area contributed by atoms with Gasteiger partial charge in [0, 0.05) is 6.04 Å². The summed E-state index contributed by atoms with van der Waals surface area (Å²) >= 11 is 0. The van der Waals surface area contributed by atoms with Gasteiger partial charge in [-0.1, -0.05) is 0 Å². The van der Waals surface area contributed by atoms with Gasteiger partial charge < -0.3 is 14.9 Å². The Kier molecular flexibility index (Phi) is 2.81. The lowest BCUT2D eigenvalue weighted by Gasteiger charge is -2.22. The zero-order valence-electron chi connectivity index (χ0n) is 10.7. The Balaban J connectivity index is 2.07. The van der Waals surface area contributed by atoms with Gasteiger partial charge in [-0.25, -0.2) is 4.98 Å². The molecule has 2 atom stereocenters. The third-order valence-electron chi connectivity index (χ3n) is 3.72. The number of nitrogens with zero attached hydrogens (tertiary/aromatic N) is 1. The van der Waals surface area contributed by atoms with Gasteiger partial charge in [0.15, 0.2) is 5.58 Å². The zero-order chi connectivity index (χ0) is 14.5. The number of alkyl halides is 3. The van der Waals surface area contributed by atoms with E-state index >= 15 is 0 Å². The van der Waals surface area contributed by atoms with Gasteiger partial charge in [0.1, 0.15) is 5.52 Å². The molecule has 1 aliphatic heterocycles. The maximum Gasteiger partial charge on any atom is 0.416 e. The van der Waals surface area contributed by atoms with Crippen molar-refractivity contribution in [3.8, 4) is 0 Å². The summed E-state index contributed by atoms with van der Waals surface area (Å²) in [5, 5.41) is 0. The first-order valence-corrected chi connectivity index (χ1v) is 6.12. The number of benzene rings is 1. The molecule has 0 bridgehead atoms. The molecule has 2 unspecified atom stereocenters. The van der Waals surface area contributed by atoms with Gasteiger partial charge in [0.05, 0.1) is 24.2 Å². The zero-order valence-corrected chi connectivity index (χ0v) is 10.7. The third-order valence-corrected chi connectivity index (χ3v) is 3.72. The number of nitrogens with two attached hydrogens (primary N) is 1. The molecule has 1 fully saturated rings. The van der Waals surface area contributed by atoms with Crippen LogP contribution in [0, 0.1) is 0 Å². The molecule has 0 saturated carbocycles. The predicted molar refractivity (Wildman–Crippen MR) is 65.2 cm³/mol. The highest BCUT2D eigenvalue weighted by Crippen LogP contribution is 2.35. The highest BCUT2D eigenvalue weighted by atomic mass is 19.4. The van der Waals surface area contributed by atoms with Gasteiger partial charge in [-0.05, 0) is 25.1 Å². The summed E-state index contributed by atoms with van der Waals surface area (Å²) < 4.78 is 48.8. The fourth-order valence-electron chi connectivity index (χ4n) is 2.26. The van der Waals surface area contributed by atoms with Crippen LogP contribution >= 0.6 is 0 Å². The smallest absolute Gasteiger partial charge is 0.416 e. The molecular weight excluding hydrogens is 273 g/mol. The Morgan fingerprint density at radius 1 is 1.40 bits per heavy atom. The maximum absolute atomic E-state index is 12.7. The largest absolute Gasteiger partial charge is 0.440 e. The number of fused-ring (bicyclic) bond motifs is 1. The highest BCUT2D eigenvalue weighted by molar-refractivity contribution is 5.73. The quantitative estimate of drug-likeness (QED) is 0.874. The van der Waals surface area contributed by atoms with E-state index in [1.807, 2.05) is 6.92 Å². The minimum atomic E-state index is -4.40. The van der Waals surface area contributed by atoms with E-state index in [2.05, 4.69) is 4.98 Å². The molecule has 4 nitrogen and oxygen atoms in total. The van der Waals surface area contributed by atoms with Crippen molar-refractivity contribution in [1.82, 2.24) is 4.98 Å². The summed E-state index contributed by atoms with van der Waals surface area (Å²) in [6.07, 6.45) is -4.40. The van der Waals surface area contributed by atoms with Crippen LogP contribution in [0.4, 0.5) is 13.2 Å². The second kappa shape index (κ2) is 4.20. The van der Waals surface area contributed by atoms with Crippen molar-refractivity contribution in [3.63, 3.8) is 0 Å². The van der Waals surface area contributed by atoms with Crippen LogP contribution in [0.1, 0.15) is 18.4 Å². The van der Waals surface area contributed by atoms with E-state index < -0.39 is 17.2 Å². The topological polar surface area (TPSA) is 61.3 Å². The number of rotatable bonds is 1. The average molecular weight is 286 g/mol. The molecule has 20 heavy (non-hydrogen) atoms. The Labute approximate surface area is 112 Å². The Morgan fingerprint density at radius 3 is 2.75 bits per heavy atom. The van der Waals surface area contributed by atoms with E-state index in [1.54, 1.807) is 0 Å². The average Bonchev–Trinajstić information content (AvgIpc) is 2.93. The minimum Gasteiger partial charge on any atom is -0.440 e. The molecule has 2 aromatic rings. The predicted octanol–water partition coefficient (Wildman–Crippen LogP) is 2.46. The highest BCUT2D eigenvalue weighted by Gasteiger charge is 2.43. The van der Waals surface area contributed by atoms with Crippen molar-refractivity contribution in [2.75, 3.05) is 13.2 Å². The van der Waals surface area contributed by atoms with Crippen LogP contribution < -0.4 is 5.73 Å². The Bertz CT molecular complexity index is 653. The van der Waals surface area contributed by atoms with E-state index in [-0.39, 0.29) is 11.6 Å². The third kappa shape index (κ3) is 1.97. The van der Waals surface area contributed by atoms with Gasteiger partial charge in [0.2, 0.25) is 5.89 Å². The van der Waals surface area contributed by atoms with Gasteiger partial charge in [-0.3, -0.25) is 0 Å². The molecule has 1 aromatic carbocycles. The molecule has 0 amide bonds. The number of ether oxygens (including phenoxy) is 1. The fraction of sp³-hybridized carbons (Fsp3) is 0.462. The van der Waals surface area contributed by atoms with Gasteiger partial charge in [0.25, 0.3) is 0 Å². The van der Waals surface area contributed by atoms with Crippen LogP contribution in [-0.4, -0.2) is 24.2 Å². The van der Waals surface area contributed by atoms with Crippen LogP contribution in [-0.2, 0) is 16.3 Å². The number of oxazole rings is 1. The lowest BCUT2D eigenvalue weighted by Crippen LogP contribution is -2.42. The molecule has 0 radical (unpaired) electrons. The molecular formula is C13H13F3N2O2. The normalized spacial score (nSPS) is 27.4. The molecule has 1 aromatic heterocycles. The second-order valence-electron chi connectivity index (χ2n) is 5.24. The second-order valence-corrected chi connectivity index (χ2v) is 5.24. The van der Waals surface area contributed by atoms with Gasteiger partial charge in [-0.15, -0.1) is 0 Å². The molecule has 108 valence electrons. The maximum atomic E-state index is 12.7. The summed E-state index contributed by atoms with van der Waals surface area (Å²) in [5.74, 6) is 0.317. The molecule has 2 heterocycles. The standard InChI is InChI=1S/C13H13F3N2O2/c1-12(6-19-5-10(12)17)11-18-8-4-7(13(14,15)16)2-3-9(8)20-11/h2-4,10H,5-6,17H2,1H3. The van der Waals surface area contributed by atoms with Crippen LogP contribution in [0.2, 0.25) is 0 Å². The van der Waals surface area contributed by atoms with Crippen molar-refractivity contribution in [3.05, 3.63) is 29.7 Å². The number of hydrogen-bond acceptors (Lipinski definition) is 4. The molecule has 0 aliphatic carbocycles. The van der Waals surface area contributed by atoms with E-state index in [0.717, 1.165) is 12.1 Å². The van der Waals surface area contributed by atoms with Crippen molar-refractivity contribution in [2.45, 2.75) is 24.6 Å². The van der Waals surface area contributed by atoms with E-state index in [1.165, 1.54) is 6.07 Å². The van der Waals surface area contributed by atoms with Crippen LogP contribution in [0.5, 0.6) is 0 Å². The van der Waals surface area contributed by atoms with Crippen molar-refractivity contribution in [1.29, 1.82) is 0 Å². The molecule has 3 rings (SSSR count). The molecule has 7 heteroatoms. The lowest BCUT2D eigenvalue weighted by molar-refractivity contribution is -0.137. The van der Waals surface area contributed by atoms with E-state index in [9.17, 15) is 13.2 Å². The van der Waals surface area contributed by atoms with E-state index in [0.29, 0.717) is 24.7 Å². The molecule has 1 saturated heterocycles. The monoisotopic (exact) mass is 286 g/mol. The molecule has 1 aliphatic rings. The number of halogens is 3. The SMILES string of the molecule is CC1(c2nc3cc(C(F)(F)F)ccc3o2)COCC1N. The minimum absolute atomic E-state index is 0.176. The van der Waals surface area contributed by atoms with E-state index in [4.69, 9.17) is 14.9 Å². The fourth-order valence-corrected chi connectivity index (χ4v) is 2.26. The summed E-state index contributed by atoms with van der Waals surface area (Å²) in [5.41, 5.74) is 5.09.